The summed E-state index contributed by atoms with van der Waals surface area (Å²) in [5, 5.41) is 20.9. The minimum absolute atomic E-state index is 0.00111. The van der Waals surface area contributed by atoms with Gasteiger partial charge in [-0.25, -0.2) is 0 Å². The van der Waals surface area contributed by atoms with Gasteiger partial charge in [-0.15, -0.1) is 0 Å². The van der Waals surface area contributed by atoms with Gasteiger partial charge < -0.3 is 15.2 Å². The number of piperidine rings is 1. The number of carbonyl (C=O) groups is 1. The van der Waals surface area contributed by atoms with Crippen molar-refractivity contribution in [3.8, 4) is 0 Å². The maximum absolute atomic E-state index is 12.9. The van der Waals surface area contributed by atoms with Crippen LogP contribution in [-0.4, -0.2) is 76.6 Å². The van der Waals surface area contributed by atoms with Gasteiger partial charge in [-0.3, -0.25) is 19.8 Å². The Morgan fingerprint density at radius 1 is 1.32 bits per heavy atom. The molecule has 1 aliphatic carbocycles. The molecular formula is C18H32N3O4-. The summed E-state index contributed by atoms with van der Waals surface area (Å²) in [6.07, 6.45) is 5.53. The predicted molar refractivity (Wildman–Crippen MR) is 93.9 cm³/mol. The Morgan fingerprint density at radius 2 is 2.12 bits per heavy atom. The summed E-state index contributed by atoms with van der Waals surface area (Å²) in [6, 6.07) is -0.235. The molecule has 7 heteroatoms. The highest BCUT2D eigenvalue weighted by atomic mass is 16.8. The van der Waals surface area contributed by atoms with Crippen LogP contribution in [0.4, 0.5) is 0 Å². The van der Waals surface area contributed by atoms with Crippen molar-refractivity contribution in [3.05, 3.63) is 5.21 Å². The van der Waals surface area contributed by atoms with E-state index < -0.39 is 6.04 Å². The van der Waals surface area contributed by atoms with Gasteiger partial charge >= 0.3 is 0 Å². The topological polar surface area (TPSA) is 79.3 Å². The zero-order valence-corrected chi connectivity index (χ0v) is 15.5. The molecule has 1 N–H and O–H groups in total. The number of fused-ring (bicyclic) bond motifs is 1. The molecule has 25 heavy (non-hydrogen) atoms. The van der Waals surface area contributed by atoms with Gasteiger partial charge in [0.15, 0.2) is 0 Å². The number of rotatable bonds is 6. The first-order chi connectivity index (χ1) is 12.0. The van der Waals surface area contributed by atoms with E-state index in [1.54, 1.807) is 0 Å². The van der Waals surface area contributed by atoms with Crippen LogP contribution in [0.2, 0.25) is 0 Å². The quantitative estimate of drug-likeness (QED) is 0.729. The minimum atomic E-state index is -0.634. The molecule has 3 fully saturated rings. The van der Waals surface area contributed by atoms with Crippen LogP contribution in [0.15, 0.2) is 0 Å². The Labute approximate surface area is 150 Å². The molecule has 0 spiro atoms. The van der Waals surface area contributed by atoms with Gasteiger partial charge in [0.05, 0.1) is 18.8 Å². The first-order valence-electron chi connectivity index (χ1n) is 9.80. The van der Waals surface area contributed by atoms with Crippen LogP contribution in [0.1, 0.15) is 52.4 Å². The number of ether oxygens (including phenoxy) is 1. The zero-order valence-electron chi connectivity index (χ0n) is 15.5. The molecule has 0 aromatic carbocycles. The van der Waals surface area contributed by atoms with Gasteiger partial charge in [-0.05, 0) is 58.9 Å². The molecule has 0 aromatic rings. The molecule has 5 unspecified atom stereocenters. The predicted octanol–water partition coefficient (Wildman–Crippen LogP) is 1.83. The Balaban J connectivity index is 1.59. The monoisotopic (exact) mass is 354 g/mol. The van der Waals surface area contributed by atoms with Gasteiger partial charge in [0.2, 0.25) is 0 Å². The number of hydrogen-bond donors (Lipinski definition) is 1. The van der Waals surface area contributed by atoms with Crippen molar-refractivity contribution in [2.75, 3.05) is 26.2 Å². The molecule has 0 amide bonds. The third-order valence-electron chi connectivity index (χ3n) is 6.24. The van der Waals surface area contributed by atoms with Crippen molar-refractivity contribution in [3.63, 3.8) is 0 Å². The lowest BCUT2D eigenvalue weighted by Gasteiger charge is -2.42. The van der Waals surface area contributed by atoms with Crippen LogP contribution in [0.25, 0.3) is 0 Å². The average molecular weight is 354 g/mol. The average Bonchev–Trinajstić information content (AvgIpc) is 2.91. The Bertz CT molecular complexity index is 462. The summed E-state index contributed by atoms with van der Waals surface area (Å²) in [4.78, 5) is 17.8. The van der Waals surface area contributed by atoms with Crippen molar-refractivity contribution in [2.24, 2.45) is 5.92 Å². The van der Waals surface area contributed by atoms with E-state index in [0.717, 1.165) is 25.9 Å². The summed E-state index contributed by atoms with van der Waals surface area (Å²) in [6.45, 7) is 7.23. The molecule has 2 saturated heterocycles. The summed E-state index contributed by atoms with van der Waals surface area (Å²) >= 11 is 0. The molecule has 3 aliphatic rings. The highest BCUT2D eigenvalue weighted by molar-refractivity contribution is 5.83. The number of nitrogens with zero attached hydrogens (tertiary/aromatic N) is 3. The first kappa shape index (κ1) is 19.2. The van der Waals surface area contributed by atoms with Gasteiger partial charge in [0.1, 0.15) is 5.78 Å². The maximum atomic E-state index is 12.9. The van der Waals surface area contributed by atoms with E-state index in [1.165, 1.54) is 12.8 Å². The van der Waals surface area contributed by atoms with Crippen LogP contribution >= 0.6 is 0 Å². The van der Waals surface area contributed by atoms with Gasteiger partial charge in [-0.1, -0.05) is 0 Å². The third-order valence-corrected chi connectivity index (χ3v) is 6.24. The van der Waals surface area contributed by atoms with Crippen molar-refractivity contribution in [2.45, 2.75) is 76.7 Å². The zero-order chi connectivity index (χ0) is 18.0. The molecular weight excluding hydrogens is 322 g/mol. The Kier molecular flexibility index (Phi) is 6.46. The molecule has 0 aromatic heterocycles. The Morgan fingerprint density at radius 3 is 2.84 bits per heavy atom. The van der Waals surface area contributed by atoms with Crippen LogP contribution in [-0.2, 0) is 9.53 Å². The summed E-state index contributed by atoms with van der Waals surface area (Å²) < 4.78 is 5.58. The highest BCUT2D eigenvalue weighted by Crippen LogP contribution is 2.32. The molecule has 0 radical (unpaired) electrons. The number of hydrogen-bond acceptors (Lipinski definition) is 7. The second kappa shape index (κ2) is 8.41. The largest absolute Gasteiger partial charge is 0.762 e. The van der Waals surface area contributed by atoms with E-state index in [2.05, 4.69) is 16.7 Å². The summed E-state index contributed by atoms with van der Waals surface area (Å²) in [7, 11) is 0. The second-order valence-corrected chi connectivity index (χ2v) is 7.83. The van der Waals surface area contributed by atoms with Crippen molar-refractivity contribution < 1.29 is 14.7 Å². The van der Waals surface area contributed by atoms with E-state index in [9.17, 15) is 15.2 Å². The molecule has 2 heterocycles. The lowest BCUT2D eigenvalue weighted by molar-refractivity contribution is -0.152. The number of Topliss-reactive ketones (excluding diaryl/α,β-unsaturated/α-hetero) is 1. The van der Waals surface area contributed by atoms with Crippen LogP contribution < -0.4 is 0 Å². The summed E-state index contributed by atoms with van der Waals surface area (Å²) in [5.41, 5.74) is 0. The van der Waals surface area contributed by atoms with E-state index in [1.807, 2.05) is 6.92 Å². The lowest BCUT2D eigenvalue weighted by atomic mass is 9.81. The normalized spacial score (nSPS) is 37.4. The van der Waals surface area contributed by atoms with Crippen LogP contribution in [0, 0.1) is 11.1 Å². The fraction of sp³-hybridized carbons (Fsp3) is 0.944. The Hall–Kier alpha value is -0.570. The highest BCUT2D eigenvalue weighted by Gasteiger charge is 2.41. The molecule has 144 valence electrons. The maximum Gasteiger partial charge on any atom is 0.150 e. The van der Waals surface area contributed by atoms with Crippen molar-refractivity contribution in [1.29, 1.82) is 0 Å². The summed E-state index contributed by atoms with van der Waals surface area (Å²) in [5.74, 6) is 0.0521. The van der Waals surface area contributed by atoms with Crippen molar-refractivity contribution in [1.82, 2.24) is 15.0 Å². The fourth-order valence-corrected chi connectivity index (χ4v) is 4.92. The van der Waals surface area contributed by atoms with E-state index in [0.29, 0.717) is 38.2 Å². The SMILES string of the molecule is CCOC1CCC(C(=O)CN2C(C)CN3CCCCC32)CC1N([O-])O. The number of ketones is 1. The molecule has 1 saturated carbocycles. The van der Waals surface area contributed by atoms with Crippen LogP contribution in [0.5, 0.6) is 0 Å². The molecule has 5 atom stereocenters. The fourth-order valence-electron chi connectivity index (χ4n) is 4.92. The van der Waals surface area contributed by atoms with E-state index in [-0.39, 0.29) is 23.0 Å². The molecule has 0 bridgehead atoms. The molecule has 3 rings (SSSR count). The third kappa shape index (κ3) is 4.23. The number of hydroxylamine groups is 2. The van der Waals surface area contributed by atoms with E-state index >= 15 is 0 Å². The first-order valence-corrected chi connectivity index (χ1v) is 9.80. The smallest absolute Gasteiger partial charge is 0.150 e. The lowest BCUT2D eigenvalue weighted by Crippen LogP contribution is -2.49. The van der Waals surface area contributed by atoms with Gasteiger partial charge in [-0.2, -0.15) is 0 Å². The second-order valence-electron chi connectivity index (χ2n) is 7.83. The van der Waals surface area contributed by atoms with E-state index in [4.69, 9.17) is 4.74 Å². The number of carbonyl (C=O) groups excluding carboxylic acids is 1. The van der Waals surface area contributed by atoms with Gasteiger partial charge in [0, 0.05) is 31.2 Å². The van der Waals surface area contributed by atoms with Crippen molar-refractivity contribution >= 4 is 5.78 Å². The molecule has 2 aliphatic heterocycles. The minimum Gasteiger partial charge on any atom is -0.762 e. The standard InChI is InChI=1S/C18H32N3O4/c1-3-25-17-8-7-14(10-15(17)21(23)24)16(22)12-20-13(2)11-19-9-5-4-6-18(19)20/h13-15,17-18,23H,3-12H2,1-2H3/q-1. The van der Waals surface area contributed by atoms with Gasteiger partial charge in [0.25, 0.3) is 0 Å². The molecule has 7 nitrogen and oxygen atoms in total. The van der Waals surface area contributed by atoms with Crippen LogP contribution in [0.3, 0.4) is 0 Å².